The van der Waals surface area contributed by atoms with Crippen molar-refractivity contribution in [3.05, 3.63) is 89.0 Å². The normalized spacial score (nSPS) is 12.4. The largest absolute Gasteiger partial charge is 0.494 e. The van der Waals surface area contributed by atoms with Crippen molar-refractivity contribution in [2.24, 2.45) is 0 Å². The number of carbonyl (C=O) groups is 1. The van der Waals surface area contributed by atoms with Crippen molar-refractivity contribution in [2.75, 3.05) is 11.9 Å². The van der Waals surface area contributed by atoms with Crippen LogP contribution in [0.2, 0.25) is 0 Å². The van der Waals surface area contributed by atoms with E-state index in [0.717, 1.165) is 22.4 Å². The Bertz CT molecular complexity index is 1270. The van der Waals surface area contributed by atoms with Gasteiger partial charge in [0.1, 0.15) is 11.8 Å². The molecule has 7 heteroatoms. The van der Waals surface area contributed by atoms with Gasteiger partial charge in [0, 0.05) is 5.69 Å². The van der Waals surface area contributed by atoms with Gasteiger partial charge < -0.3 is 10.1 Å². The highest BCUT2D eigenvalue weighted by atomic mass is 32.2. The van der Waals surface area contributed by atoms with Crippen LogP contribution < -0.4 is 14.8 Å². The van der Waals surface area contributed by atoms with Gasteiger partial charge in [0.05, 0.1) is 11.5 Å². The molecule has 0 aliphatic rings. The van der Waals surface area contributed by atoms with Crippen molar-refractivity contribution in [3.8, 4) is 5.75 Å². The van der Waals surface area contributed by atoms with E-state index in [1.807, 2.05) is 62.4 Å². The monoisotopic (exact) mass is 494 g/mol. The molecular weight excluding hydrogens is 460 g/mol. The Morgan fingerprint density at radius 1 is 0.943 bits per heavy atom. The Hall–Kier alpha value is -3.16. The second-order valence-corrected chi connectivity index (χ2v) is 10.6. The number of carbonyl (C=O) groups excluding carboxylic acids is 1. The predicted molar refractivity (Wildman–Crippen MR) is 141 cm³/mol. The number of nitrogens with one attached hydrogen (secondary N) is 2. The quantitative estimate of drug-likeness (QED) is 0.398. The summed E-state index contributed by atoms with van der Waals surface area (Å²) in [5, 5.41) is 3.01. The van der Waals surface area contributed by atoms with Crippen molar-refractivity contribution < 1.29 is 17.9 Å². The molecule has 0 radical (unpaired) electrons. The van der Waals surface area contributed by atoms with Gasteiger partial charge in [0.25, 0.3) is 0 Å². The summed E-state index contributed by atoms with van der Waals surface area (Å²) in [4.78, 5) is 13.6. The lowest BCUT2D eigenvalue weighted by molar-refractivity contribution is -0.117. The van der Waals surface area contributed by atoms with Gasteiger partial charge in [-0.15, -0.1) is 0 Å². The molecule has 0 unspecified atom stereocenters. The van der Waals surface area contributed by atoms with Gasteiger partial charge >= 0.3 is 0 Å². The number of anilines is 1. The zero-order chi connectivity index (χ0) is 25.6. The van der Waals surface area contributed by atoms with Crippen LogP contribution >= 0.6 is 0 Å². The van der Waals surface area contributed by atoms with E-state index in [-0.39, 0.29) is 17.2 Å². The highest BCUT2D eigenvalue weighted by Gasteiger charge is 2.27. The van der Waals surface area contributed by atoms with E-state index >= 15 is 0 Å². The molecule has 0 bridgehead atoms. The number of amides is 1. The fourth-order valence-electron chi connectivity index (χ4n) is 3.95. The molecule has 0 aliphatic heterocycles. The maximum atomic E-state index is 13.5. The molecule has 2 N–H and O–H groups in total. The fourth-order valence-corrected chi connectivity index (χ4v) is 5.23. The highest BCUT2D eigenvalue weighted by molar-refractivity contribution is 7.89. The minimum Gasteiger partial charge on any atom is -0.494 e. The maximum Gasteiger partial charge on any atom is 0.242 e. The van der Waals surface area contributed by atoms with Gasteiger partial charge in [-0.25, -0.2) is 8.42 Å². The Morgan fingerprint density at radius 2 is 1.66 bits per heavy atom. The van der Waals surface area contributed by atoms with Gasteiger partial charge in [-0.05, 0) is 73.6 Å². The van der Waals surface area contributed by atoms with E-state index in [9.17, 15) is 13.2 Å². The number of sulfonamides is 1. The molecule has 0 spiro atoms. The summed E-state index contributed by atoms with van der Waals surface area (Å²) in [6.07, 6.45) is 0.213. The molecule has 1 atom stereocenters. The van der Waals surface area contributed by atoms with Crippen molar-refractivity contribution in [1.29, 1.82) is 0 Å². The van der Waals surface area contributed by atoms with E-state index in [1.54, 1.807) is 19.1 Å². The lowest BCUT2D eigenvalue weighted by Crippen LogP contribution is -2.45. The summed E-state index contributed by atoms with van der Waals surface area (Å²) in [6, 6.07) is 18.9. The molecule has 6 nitrogen and oxygen atoms in total. The standard InChI is InChI=1S/C28H34N2O4S/c1-6-34-26-16-15-23(17-21(26)5)35(32,33)30-25(18-22-12-8-7-9-13-22)28(31)29-27-20(4)11-10-14-24(27)19(2)3/h7-17,19,25,30H,6,18H2,1-5H3,(H,29,31)/t25-/m0/s1. The maximum absolute atomic E-state index is 13.5. The molecular formula is C28H34N2O4S. The highest BCUT2D eigenvalue weighted by Crippen LogP contribution is 2.28. The first-order chi connectivity index (χ1) is 16.6. The van der Waals surface area contributed by atoms with Crippen molar-refractivity contribution in [2.45, 2.75) is 57.9 Å². The van der Waals surface area contributed by atoms with Crippen LogP contribution in [0, 0.1) is 13.8 Å². The molecule has 1 amide bonds. The first-order valence-electron chi connectivity index (χ1n) is 11.8. The van der Waals surface area contributed by atoms with E-state index in [0.29, 0.717) is 17.9 Å². The van der Waals surface area contributed by atoms with Crippen molar-refractivity contribution in [3.63, 3.8) is 0 Å². The fraction of sp³-hybridized carbons (Fsp3) is 0.321. The molecule has 0 saturated carbocycles. The Kier molecular flexibility index (Phi) is 8.70. The van der Waals surface area contributed by atoms with E-state index in [4.69, 9.17) is 4.74 Å². The third-order valence-corrected chi connectivity index (χ3v) is 7.30. The van der Waals surface area contributed by atoms with Gasteiger partial charge in [-0.2, -0.15) is 4.72 Å². The number of hydrogen-bond donors (Lipinski definition) is 2. The van der Waals surface area contributed by atoms with Crippen LogP contribution in [0.4, 0.5) is 5.69 Å². The average Bonchev–Trinajstić information content (AvgIpc) is 2.81. The zero-order valence-corrected chi connectivity index (χ0v) is 21.8. The summed E-state index contributed by atoms with van der Waals surface area (Å²) >= 11 is 0. The Labute approximate surface area is 208 Å². The van der Waals surface area contributed by atoms with E-state index in [2.05, 4.69) is 23.9 Å². The van der Waals surface area contributed by atoms with Gasteiger partial charge in [-0.1, -0.05) is 62.4 Å². The third kappa shape index (κ3) is 6.71. The van der Waals surface area contributed by atoms with Crippen molar-refractivity contribution in [1.82, 2.24) is 4.72 Å². The molecule has 186 valence electrons. The van der Waals surface area contributed by atoms with Crippen molar-refractivity contribution >= 4 is 21.6 Å². The molecule has 0 saturated heterocycles. The van der Waals surface area contributed by atoms with Crippen LogP contribution in [0.3, 0.4) is 0 Å². The molecule has 0 fully saturated rings. The first kappa shape index (κ1) is 26.4. The minimum absolute atomic E-state index is 0.0862. The number of aryl methyl sites for hydroxylation is 2. The minimum atomic E-state index is -3.97. The van der Waals surface area contributed by atoms with Crippen LogP contribution in [-0.2, 0) is 21.2 Å². The molecule has 3 rings (SSSR count). The third-order valence-electron chi connectivity index (χ3n) is 5.83. The number of benzene rings is 3. The summed E-state index contributed by atoms with van der Waals surface area (Å²) < 4.78 is 34.8. The SMILES string of the molecule is CCOc1ccc(S(=O)(=O)N[C@@H](Cc2ccccc2)C(=O)Nc2c(C)cccc2C(C)C)cc1C. The second kappa shape index (κ2) is 11.5. The number of ether oxygens (including phenoxy) is 1. The molecule has 0 aliphatic carbocycles. The summed E-state index contributed by atoms with van der Waals surface area (Å²) in [5.41, 5.74) is 4.21. The topological polar surface area (TPSA) is 84.5 Å². The van der Waals surface area contributed by atoms with Crippen LogP contribution in [0.5, 0.6) is 5.75 Å². The Morgan fingerprint density at radius 3 is 2.29 bits per heavy atom. The lowest BCUT2D eigenvalue weighted by atomic mass is 9.97. The Balaban J connectivity index is 1.93. The second-order valence-electron chi connectivity index (χ2n) is 8.91. The van der Waals surface area contributed by atoms with Crippen LogP contribution in [0.1, 0.15) is 48.9 Å². The molecule has 3 aromatic carbocycles. The van der Waals surface area contributed by atoms with Crippen LogP contribution in [0.15, 0.2) is 71.6 Å². The molecule has 3 aromatic rings. The van der Waals surface area contributed by atoms with Gasteiger partial charge in [-0.3, -0.25) is 4.79 Å². The first-order valence-corrected chi connectivity index (χ1v) is 13.3. The van der Waals surface area contributed by atoms with Crippen LogP contribution in [-0.4, -0.2) is 27.0 Å². The number of para-hydroxylation sites is 1. The molecule has 0 aromatic heterocycles. The predicted octanol–water partition coefficient (Wildman–Crippen LogP) is 5.35. The lowest BCUT2D eigenvalue weighted by Gasteiger charge is -2.22. The van der Waals surface area contributed by atoms with Crippen LogP contribution in [0.25, 0.3) is 0 Å². The average molecular weight is 495 g/mol. The summed E-state index contributed by atoms with van der Waals surface area (Å²) in [5.74, 6) is 0.420. The molecule has 0 heterocycles. The van der Waals surface area contributed by atoms with E-state index < -0.39 is 22.0 Å². The number of hydrogen-bond acceptors (Lipinski definition) is 4. The number of rotatable bonds is 10. The van der Waals surface area contributed by atoms with Gasteiger partial charge in [0.2, 0.25) is 15.9 Å². The zero-order valence-electron chi connectivity index (χ0n) is 21.0. The van der Waals surface area contributed by atoms with Gasteiger partial charge in [0.15, 0.2) is 0 Å². The summed E-state index contributed by atoms with van der Waals surface area (Å²) in [6.45, 7) is 10.2. The van der Waals surface area contributed by atoms with E-state index in [1.165, 1.54) is 6.07 Å². The smallest absolute Gasteiger partial charge is 0.242 e. The molecule has 35 heavy (non-hydrogen) atoms. The summed E-state index contributed by atoms with van der Waals surface area (Å²) in [7, 11) is -3.97.